The molecule has 1 aromatic rings. The smallest absolute Gasteiger partial charge is 0.313 e. The maximum atomic E-state index is 11.9. The second-order valence-electron chi connectivity index (χ2n) is 4.38. The zero-order chi connectivity index (χ0) is 13.6. The van der Waals surface area contributed by atoms with Gasteiger partial charge in [-0.3, -0.25) is 4.68 Å². The third kappa shape index (κ3) is 5.53. The van der Waals surface area contributed by atoms with E-state index in [-0.39, 0.29) is 6.42 Å². The van der Waals surface area contributed by atoms with Gasteiger partial charge in [0.05, 0.1) is 5.69 Å². The molecule has 0 saturated heterocycles. The second kappa shape index (κ2) is 6.78. The fourth-order valence-electron chi connectivity index (χ4n) is 1.83. The van der Waals surface area contributed by atoms with Crippen LogP contribution in [0.4, 0.5) is 13.2 Å². The van der Waals surface area contributed by atoms with Gasteiger partial charge in [0.1, 0.15) is 0 Å². The Hall–Kier alpha value is -1.04. The van der Waals surface area contributed by atoms with E-state index in [0.717, 1.165) is 17.7 Å². The third-order valence-electron chi connectivity index (χ3n) is 2.71. The minimum atomic E-state index is -4.03. The number of nitrogens with one attached hydrogen (secondary N) is 1. The number of aromatic nitrogens is 2. The summed E-state index contributed by atoms with van der Waals surface area (Å²) in [6.07, 6.45) is -1.18. The van der Waals surface area contributed by atoms with Crippen LogP contribution in [-0.2, 0) is 20.0 Å². The van der Waals surface area contributed by atoms with Crippen LogP contribution in [0.3, 0.4) is 0 Å². The molecule has 1 heterocycles. The summed E-state index contributed by atoms with van der Waals surface area (Å²) in [5, 5.41) is 7.46. The number of aryl methyl sites for hydroxylation is 2. The van der Waals surface area contributed by atoms with Crippen LogP contribution in [0, 0.1) is 0 Å². The molecule has 104 valence electrons. The molecule has 0 bridgehead atoms. The van der Waals surface area contributed by atoms with Gasteiger partial charge in [-0.2, -0.15) is 18.3 Å². The van der Waals surface area contributed by atoms with Crippen LogP contribution < -0.4 is 5.32 Å². The first-order valence-electron chi connectivity index (χ1n) is 6.21. The van der Waals surface area contributed by atoms with Crippen LogP contribution in [0.15, 0.2) is 6.20 Å². The van der Waals surface area contributed by atoms with Crippen molar-refractivity contribution < 1.29 is 13.2 Å². The molecule has 0 saturated carbocycles. The van der Waals surface area contributed by atoms with Gasteiger partial charge >= 0.3 is 6.18 Å². The zero-order valence-corrected chi connectivity index (χ0v) is 10.8. The Kier molecular flexibility index (Phi) is 5.65. The van der Waals surface area contributed by atoms with Crippen LogP contribution in [-0.4, -0.2) is 22.5 Å². The first-order chi connectivity index (χ1) is 8.42. The molecule has 0 aliphatic rings. The summed E-state index contributed by atoms with van der Waals surface area (Å²) < 4.78 is 37.5. The number of hydrogen-bond acceptors (Lipinski definition) is 2. The Morgan fingerprint density at radius 1 is 1.33 bits per heavy atom. The number of unbranched alkanes of at least 4 members (excludes halogenated alkanes) is 1. The van der Waals surface area contributed by atoms with Gasteiger partial charge in [0.25, 0.3) is 0 Å². The van der Waals surface area contributed by atoms with Crippen LogP contribution in [0.2, 0.25) is 0 Å². The van der Waals surface area contributed by atoms with Crippen molar-refractivity contribution in [2.24, 2.45) is 7.05 Å². The normalized spacial score (nSPS) is 12.1. The van der Waals surface area contributed by atoms with Crippen molar-refractivity contribution in [2.75, 3.05) is 6.54 Å². The van der Waals surface area contributed by atoms with Crippen molar-refractivity contribution in [2.45, 2.75) is 45.3 Å². The van der Waals surface area contributed by atoms with Crippen molar-refractivity contribution in [3.05, 3.63) is 17.5 Å². The van der Waals surface area contributed by atoms with Gasteiger partial charge in [-0.25, -0.2) is 0 Å². The Bertz CT molecular complexity index is 358. The van der Waals surface area contributed by atoms with Crippen LogP contribution in [0.1, 0.15) is 37.4 Å². The van der Waals surface area contributed by atoms with Crippen LogP contribution in [0.25, 0.3) is 0 Å². The van der Waals surface area contributed by atoms with Gasteiger partial charge in [-0.1, -0.05) is 6.92 Å². The SMILES string of the molecule is CCc1nn(C)cc1CNCCCCC(F)(F)F. The molecule has 0 atom stereocenters. The summed E-state index contributed by atoms with van der Waals surface area (Å²) in [4.78, 5) is 0. The maximum Gasteiger partial charge on any atom is 0.389 e. The molecule has 18 heavy (non-hydrogen) atoms. The molecule has 1 rings (SSSR count). The van der Waals surface area contributed by atoms with E-state index in [0.29, 0.717) is 19.5 Å². The topological polar surface area (TPSA) is 29.9 Å². The van der Waals surface area contributed by atoms with Crippen LogP contribution in [0.5, 0.6) is 0 Å². The van der Waals surface area contributed by atoms with Gasteiger partial charge < -0.3 is 5.32 Å². The lowest BCUT2D eigenvalue weighted by Crippen LogP contribution is -2.16. The molecular weight excluding hydrogens is 243 g/mol. The first kappa shape index (κ1) is 15.0. The highest BCUT2D eigenvalue weighted by Gasteiger charge is 2.25. The highest BCUT2D eigenvalue weighted by Crippen LogP contribution is 2.21. The molecular formula is C12H20F3N3. The fraction of sp³-hybridized carbons (Fsp3) is 0.750. The fourth-order valence-corrected chi connectivity index (χ4v) is 1.83. The molecule has 0 aromatic carbocycles. The predicted molar refractivity (Wildman–Crippen MR) is 64.2 cm³/mol. The molecule has 0 spiro atoms. The van der Waals surface area contributed by atoms with E-state index in [1.165, 1.54) is 0 Å². The number of nitrogens with zero attached hydrogens (tertiary/aromatic N) is 2. The average Bonchev–Trinajstić information content (AvgIpc) is 2.62. The Balaban J connectivity index is 2.18. The monoisotopic (exact) mass is 263 g/mol. The van der Waals surface area contributed by atoms with Crippen molar-refractivity contribution in [1.82, 2.24) is 15.1 Å². The van der Waals surface area contributed by atoms with E-state index in [1.54, 1.807) is 4.68 Å². The maximum absolute atomic E-state index is 11.9. The van der Waals surface area contributed by atoms with E-state index in [2.05, 4.69) is 10.4 Å². The molecule has 0 amide bonds. The molecule has 0 aliphatic heterocycles. The second-order valence-corrected chi connectivity index (χ2v) is 4.38. The van der Waals surface area contributed by atoms with E-state index in [9.17, 15) is 13.2 Å². The van der Waals surface area contributed by atoms with Gasteiger partial charge in [0, 0.05) is 31.8 Å². The summed E-state index contributed by atoms with van der Waals surface area (Å²) in [7, 11) is 1.87. The minimum absolute atomic E-state index is 0.185. The van der Waals surface area contributed by atoms with E-state index >= 15 is 0 Å². The Labute approximate surface area is 105 Å². The molecule has 3 nitrogen and oxygen atoms in total. The predicted octanol–water partition coefficient (Wildman–Crippen LogP) is 2.80. The molecule has 6 heteroatoms. The molecule has 0 fully saturated rings. The average molecular weight is 263 g/mol. The number of alkyl halides is 3. The van der Waals surface area contributed by atoms with Gasteiger partial charge in [-0.15, -0.1) is 0 Å². The highest BCUT2D eigenvalue weighted by atomic mass is 19.4. The highest BCUT2D eigenvalue weighted by molar-refractivity contribution is 5.16. The van der Waals surface area contributed by atoms with E-state index in [4.69, 9.17) is 0 Å². The summed E-state index contributed by atoms with van der Waals surface area (Å²) in [6.45, 7) is 3.31. The summed E-state index contributed by atoms with van der Waals surface area (Å²) in [5.41, 5.74) is 2.16. The first-order valence-corrected chi connectivity index (χ1v) is 6.21. The standard InChI is InChI=1S/C12H20F3N3/c1-3-11-10(9-18(2)17-11)8-16-7-5-4-6-12(13,14)15/h9,16H,3-8H2,1-2H3. The summed E-state index contributed by atoms with van der Waals surface area (Å²) in [6, 6.07) is 0. The van der Waals surface area contributed by atoms with E-state index in [1.807, 2.05) is 20.2 Å². The van der Waals surface area contributed by atoms with Crippen LogP contribution >= 0.6 is 0 Å². The van der Waals surface area contributed by atoms with E-state index < -0.39 is 12.6 Å². The lowest BCUT2D eigenvalue weighted by molar-refractivity contribution is -0.135. The summed E-state index contributed by atoms with van der Waals surface area (Å²) >= 11 is 0. The molecule has 0 aliphatic carbocycles. The molecule has 1 N–H and O–H groups in total. The Morgan fingerprint density at radius 3 is 2.67 bits per heavy atom. The van der Waals surface area contributed by atoms with Gasteiger partial charge in [-0.05, 0) is 25.8 Å². The zero-order valence-electron chi connectivity index (χ0n) is 10.8. The quantitative estimate of drug-likeness (QED) is 0.767. The largest absolute Gasteiger partial charge is 0.389 e. The lowest BCUT2D eigenvalue weighted by Gasteiger charge is -2.06. The van der Waals surface area contributed by atoms with Crippen molar-refractivity contribution >= 4 is 0 Å². The summed E-state index contributed by atoms with van der Waals surface area (Å²) in [5.74, 6) is 0. The third-order valence-corrected chi connectivity index (χ3v) is 2.71. The van der Waals surface area contributed by atoms with Crippen molar-refractivity contribution in [3.63, 3.8) is 0 Å². The number of halogens is 3. The van der Waals surface area contributed by atoms with Gasteiger partial charge in [0.15, 0.2) is 0 Å². The molecule has 1 aromatic heterocycles. The Morgan fingerprint density at radius 2 is 2.06 bits per heavy atom. The molecule has 0 radical (unpaired) electrons. The van der Waals surface area contributed by atoms with Crippen molar-refractivity contribution in [1.29, 1.82) is 0 Å². The number of hydrogen-bond donors (Lipinski definition) is 1. The van der Waals surface area contributed by atoms with Crippen molar-refractivity contribution in [3.8, 4) is 0 Å². The molecule has 0 unspecified atom stereocenters. The van der Waals surface area contributed by atoms with Gasteiger partial charge in [0.2, 0.25) is 0 Å². The minimum Gasteiger partial charge on any atom is -0.313 e. The lowest BCUT2D eigenvalue weighted by atomic mass is 10.2. The number of rotatable bonds is 7.